The molecule has 0 aliphatic heterocycles. The molecule has 0 bridgehead atoms. The molecule has 1 nitrogen and oxygen atoms in total. The molecule has 0 aliphatic carbocycles. The molecule has 0 N–H and O–H groups in total. The monoisotopic (exact) mass is 456 g/mol. The molecule has 0 atom stereocenters. The van der Waals surface area contributed by atoms with Crippen molar-refractivity contribution in [1.82, 2.24) is 0 Å². The van der Waals surface area contributed by atoms with Gasteiger partial charge in [0.05, 0.1) is 14.7 Å². The van der Waals surface area contributed by atoms with E-state index in [1.54, 1.807) is 5.19 Å². The standard InChI is InChI=1S/C19H44OSi6/c1-20-22(4,5)24(8,9)26(12,13)25(10,11)23(6,7)21(2,3)19-17-15-14-16-18-19/h14-18H,1-13H3. The van der Waals surface area contributed by atoms with Crippen molar-refractivity contribution < 1.29 is 4.43 Å². The van der Waals surface area contributed by atoms with Crippen LogP contribution in [0.3, 0.4) is 0 Å². The van der Waals surface area contributed by atoms with Gasteiger partial charge in [0.1, 0.15) is 0 Å². The quantitative estimate of drug-likeness (QED) is 0.479. The Labute approximate surface area is 169 Å². The molecule has 0 spiro atoms. The van der Waals surface area contributed by atoms with Crippen LogP contribution in [0.5, 0.6) is 0 Å². The molecule has 1 rings (SSSR count). The molecule has 0 radical (unpaired) electrons. The maximum absolute atomic E-state index is 6.25. The topological polar surface area (TPSA) is 9.23 Å². The van der Waals surface area contributed by atoms with E-state index in [1.165, 1.54) is 0 Å². The maximum Gasteiger partial charge on any atom is 0.170 e. The molecule has 0 unspecified atom stereocenters. The zero-order valence-corrected chi connectivity index (χ0v) is 25.8. The van der Waals surface area contributed by atoms with Crippen molar-refractivity contribution in [3.8, 4) is 0 Å². The van der Waals surface area contributed by atoms with Crippen LogP contribution in [0, 0.1) is 0 Å². The highest BCUT2D eigenvalue weighted by Gasteiger charge is 2.66. The van der Waals surface area contributed by atoms with Crippen molar-refractivity contribution in [1.29, 1.82) is 0 Å². The summed E-state index contributed by atoms with van der Waals surface area (Å²) in [6.45, 7) is 32.5. The fraction of sp³-hybridized carbons (Fsp3) is 0.684. The van der Waals surface area contributed by atoms with Gasteiger partial charge in [0.2, 0.25) is 0 Å². The number of rotatable bonds is 7. The van der Waals surface area contributed by atoms with Gasteiger partial charge in [-0.15, -0.1) is 0 Å². The van der Waals surface area contributed by atoms with Gasteiger partial charge >= 0.3 is 0 Å². The Morgan fingerprint density at radius 2 is 0.923 bits per heavy atom. The van der Waals surface area contributed by atoms with Crippen molar-refractivity contribution in [2.75, 3.05) is 7.11 Å². The molecular formula is C19H44OSi6. The van der Waals surface area contributed by atoms with E-state index in [2.05, 4.69) is 109 Å². The van der Waals surface area contributed by atoms with Crippen LogP contribution in [0.15, 0.2) is 30.3 Å². The Bertz CT molecular complexity index is 620. The molecule has 0 saturated heterocycles. The fourth-order valence-electron chi connectivity index (χ4n) is 4.57. The zero-order valence-electron chi connectivity index (χ0n) is 19.8. The molecule has 7 heteroatoms. The minimum atomic E-state index is -1.59. The van der Waals surface area contributed by atoms with Gasteiger partial charge < -0.3 is 4.43 Å². The van der Waals surface area contributed by atoms with Gasteiger partial charge in [0.25, 0.3) is 0 Å². The van der Waals surface area contributed by atoms with Crippen LogP contribution in [-0.4, -0.2) is 51.0 Å². The van der Waals surface area contributed by atoms with Gasteiger partial charge in [-0.3, -0.25) is 0 Å². The number of hydrogen-bond donors (Lipinski definition) is 0. The highest BCUT2D eigenvalue weighted by molar-refractivity contribution is 7.97. The molecule has 26 heavy (non-hydrogen) atoms. The van der Waals surface area contributed by atoms with Crippen molar-refractivity contribution in [2.45, 2.75) is 78.6 Å². The first-order valence-corrected chi connectivity index (χ1v) is 32.9. The van der Waals surface area contributed by atoms with E-state index in [0.29, 0.717) is 0 Å². The third-order valence-electron chi connectivity index (χ3n) is 9.76. The molecule has 0 amide bonds. The van der Waals surface area contributed by atoms with E-state index >= 15 is 0 Å². The summed E-state index contributed by atoms with van der Waals surface area (Å²) in [5, 5.41) is 1.68. The van der Waals surface area contributed by atoms with E-state index in [9.17, 15) is 0 Å². The average Bonchev–Trinajstić information content (AvgIpc) is 2.54. The summed E-state index contributed by atoms with van der Waals surface area (Å²) in [7, 11) is -6.64. The summed E-state index contributed by atoms with van der Waals surface area (Å²) >= 11 is 0. The minimum absolute atomic E-state index is 1.38. The first kappa shape index (κ1) is 24.5. The van der Waals surface area contributed by atoms with E-state index in [4.69, 9.17) is 4.43 Å². The summed E-state index contributed by atoms with van der Waals surface area (Å²) in [4.78, 5) is 0. The highest BCUT2D eigenvalue weighted by Crippen LogP contribution is 2.42. The largest absolute Gasteiger partial charge is 0.423 e. The van der Waals surface area contributed by atoms with Gasteiger partial charge in [-0.1, -0.05) is 101 Å². The second kappa shape index (κ2) is 7.38. The molecule has 0 saturated carbocycles. The summed E-state index contributed by atoms with van der Waals surface area (Å²) in [5.41, 5.74) is 0. The summed E-state index contributed by atoms with van der Waals surface area (Å²) in [6, 6.07) is 11.5. The van der Waals surface area contributed by atoms with E-state index in [1.807, 2.05) is 7.11 Å². The SMILES string of the molecule is CO[Si](C)(C)[Si](C)(C)[Si](C)(C)[Si](C)(C)[Si](C)(C)[Si](C)(C)c1ccccc1. The summed E-state index contributed by atoms with van der Waals surface area (Å²) < 4.78 is 6.25. The summed E-state index contributed by atoms with van der Waals surface area (Å²) in [5.74, 6) is 0. The lowest BCUT2D eigenvalue weighted by Crippen LogP contribution is -2.89. The van der Waals surface area contributed by atoms with Crippen LogP contribution < -0.4 is 5.19 Å². The van der Waals surface area contributed by atoms with E-state index < -0.39 is 43.9 Å². The van der Waals surface area contributed by atoms with Gasteiger partial charge in [0, 0.05) is 28.4 Å². The molecule has 0 aliphatic rings. The van der Waals surface area contributed by atoms with Crippen molar-refractivity contribution in [2.24, 2.45) is 0 Å². The van der Waals surface area contributed by atoms with Crippen molar-refractivity contribution in [3.63, 3.8) is 0 Å². The normalized spacial score (nSPS) is 15.3. The lowest BCUT2D eigenvalue weighted by molar-refractivity contribution is 0.420. The predicted octanol–water partition coefficient (Wildman–Crippen LogP) is 5.68. The minimum Gasteiger partial charge on any atom is -0.423 e. The van der Waals surface area contributed by atoms with E-state index in [-0.39, 0.29) is 0 Å². The van der Waals surface area contributed by atoms with Gasteiger partial charge in [-0.2, -0.15) is 0 Å². The Morgan fingerprint density at radius 3 is 1.31 bits per heavy atom. The molecule has 150 valence electrons. The Balaban J connectivity index is 3.55. The van der Waals surface area contributed by atoms with Crippen molar-refractivity contribution >= 4 is 49.0 Å². The Morgan fingerprint density at radius 1 is 0.538 bits per heavy atom. The smallest absolute Gasteiger partial charge is 0.170 e. The molecule has 0 aromatic heterocycles. The maximum atomic E-state index is 6.25. The highest BCUT2D eigenvalue weighted by atomic mass is 30.0. The third kappa shape index (κ3) is 3.46. The van der Waals surface area contributed by atoms with Crippen LogP contribution in [0.2, 0.25) is 78.6 Å². The lowest BCUT2D eigenvalue weighted by atomic mass is 10.4. The molecule has 0 fully saturated rings. The van der Waals surface area contributed by atoms with Gasteiger partial charge in [0.15, 0.2) is 7.83 Å². The first-order valence-electron chi connectivity index (χ1n) is 10.0. The molecule has 1 aromatic carbocycles. The van der Waals surface area contributed by atoms with Crippen LogP contribution >= 0.6 is 0 Å². The van der Waals surface area contributed by atoms with E-state index in [0.717, 1.165) is 0 Å². The fourth-order valence-corrected chi connectivity index (χ4v) is 151. The third-order valence-corrected chi connectivity index (χ3v) is 128. The van der Waals surface area contributed by atoms with Crippen LogP contribution in [0.25, 0.3) is 0 Å². The number of benzene rings is 1. The molecule has 0 heterocycles. The second-order valence-corrected chi connectivity index (χ2v) is 74.8. The second-order valence-electron chi connectivity index (χ2n) is 11.2. The zero-order chi connectivity index (χ0) is 20.8. The van der Waals surface area contributed by atoms with Gasteiger partial charge in [-0.05, 0) is 13.1 Å². The van der Waals surface area contributed by atoms with Crippen LogP contribution in [0.4, 0.5) is 0 Å². The van der Waals surface area contributed by atoms with Crippen LogP contribution in [-0.2, 0) is 4.43 Å². The predicted molar refractivity (Wildman–Crippen MR) is 138 cm³/mol. The first-order chi connectivity index (χ1) is 11.4. The molecule has 1 aromatic rings. The Kier molecular flexibility index (Phi) is 6.96. The average molecular weight is 457 g/mol. The molecular weight excluding hydrogens is 413 g/mol. The summed E-state index contributed by atoms with van der Waals surface area (Å²) in [6.07, 6.45) is 0. The number of hydrogen-bond acceptors (Lipinski definition) is 1. The Hall–Kier alpha value is 0.481. The van der Waals surface area contributed by atoms with Crippen molar-refractivity contribution in [3.05, 3.63) is 30.3 Å². The van der Waals surface area contributed by atoms with Gasteiger partial charge in [-0.25, -0.2) is 0 Å². The lowest BCUT2D eigenvalue weighted by Gasteiger charge is -2.61. The van der Waals surface area contributed by atoms with Crippen LogP contribution in [0.1, 0.15) is 0 Å².